The first-order chi connectivity index (χ1) is 28.6. The highest BCUT2D eigenvalue weighted by atomic mass is 16.3. The van der Waals surface area contributed by atoms with Gasteiger partial charge in [0.25, 0.3) is 0 Å². The summed E-state index contributed by atoms with van der Waals surface area (Å²) in [5.74, 6) is -1.79. The Bertz CT molecular complexity index is 1600. The van der Waals surface area contributed by atoms with Crippen molar-refractivity contribution in [2.24, 2.45) is 0 Å². The lowest BCUT2D eigenvalue weighted by Crippen LogP contribution is -2.26. The number of carbonyl (C=O) groups is 4. The highest BCUT2D eigenvalue weighted by Crippen LogP contribution is 2.33. The Morgan fingerprint density at radius 2 is 0.850 bits per heavy atom. The van der Waals surface area contributed by atoms with E-state index in [1.807, 2.05) is 26.0 Å². The molecule has 0 fully saturated rings. The molecule has 0 saturated carbocycles. The number of hydrogen-bond donors (Lipinski definition) is 2. The van der Waals surface area contributed by atoms with Crippen molar-refractivity contribution in [2.75, 3.05) is 0 Å². The van der Waals surface area contributed by atoms with Gasteiger partial charge in [0.1, 0.15) is 5.76 Å². The van der Waals surface area contributed by atoms with E-state index in [-0.39, 0.29) is 40.0 Å². The van der Waals surface area contributed by atoms with Gasteiger partial charge in [-0.1, -0.05) is 152 Å². The van der Waals surface area contributed by atoms with E-state index < -0.39 is 5.78 Å². The number of unbranched alkanes of at least 4 members (excludes halogenated alkanes) is 10. The maximum absolute atomic E-state index is 12.9. The molecule has 0 bridgehead atoms. The number of aliphatic hydroxyl groups is 2. The van der Waals surface area contributed by atoms with E-state index in [0.717, 1.165) is 101 Å². The van der Waals surface area contributed by atoms with Crippen LogP contribution >= 0.6 is 0 Å². The van der Waals surface area contributed by atoms with E-state index in [4.69, 9.17) is 0 Å². The van der Waals surface area contributed by atoms with Crippen molar-refractivity contribution >= 4 is 23.1 Å². The maximum Gasteiger partial charge on any atom is 0.233 e. The van der Waals surface area contributed by atoms with Crippen molar-refractivity contribution in [1.82, 2.24) is 0 Å². The molecule has 0 saturated heterocycles. The summed E-state index contributed by atoms with van der Waals surface area (Å²) in [6.45, 7) is 23.2. The summed E-state index contributed by atoms with van der Waals surface area (Å²) in [7, 11) is 0. The standard InChI is InChI=1S/C27H42O3.C21H30O3.C6H14/c1-6-8-10-12-17-22-23(16-11-9-7-2)26(29)27(30)24(25(22)28)19-18-21(5)15-13-14-20(3)4;1-5-6-7-11-17-14-19(22)18(21(24)20(17)23)13-12-16(4)10-8-9-15(2)3;1-3-5-6-4-2/h14,18,28H,6-13,15-17,19H2,1-5H3;9,12,14,24H,5-8,10-11,13H2,1-4H3;3-6H2,1-2H3/b21-18+;16-12+;. The van der Waals surface area contributed by atoms with Gasteiger partial charge in [-0.15, -0.1) is 0 Å². The first kappa shape index (κ1) is 56.2. The predicted octanol–water partition coefficient (Wildman–Crippen LogP) is 16.0. The number of allylic oxidation sites excluding steroid dienone is 14. The Kier molecular flexibility index (Phi) is 31.7. The third kappa shape index (κ3) is 23.3. The molecule has 2 aliphatic rings. The monoisotopic (exact) mass is 831 g/mol. The van der Waals surface area contributed by atoms with Crippen molar-refractivity contribution in [1.29, 1.82) is 0 Å². The van der Waals surface area contributed by atoms with Gasteiger partial charge in [0.15, 0.2) is 11.5 Å². The molecular weight excluding hydrogens is 745 g/mol. The van der Waals surface area contributed by atoms with Gasteiger partial charge in [0.05, 0.1) is 0 Å². The Balaban J connectivity index is 0.00000104. The Morgan fingerprint density at radius 1 is 0.450 bits per heavy atom. The van der Waals surface area contributed by atoms with Crippen molar-refractivity contribution < 1.29 is 29.4 Å². The third-order valence-electron chi connectivity index (χ3n) is 10.9. The van der Waals surface area contributed by atoms with Crippen LogP contribution in [0.25, 0.3) is 0 Å². The van der Waals surface area contributed by atoms with Gasteiger partial charge in [0, 0.05) is 27.9 Å². The molecule has 6 nitrogen and oxygen atoms in total. The molecule has 60 heavy (non-hydrogen) atoms. The van der Waals surface area contributed by atoms with E-state index in [1.165, 1.54) is 48.5 Å². The molecule has 2 aliphatic carbocycles. The van der Waals surface area contributed by atoms with Crippen molar-refractivity contribution in [3.63, 3.8) is 0 Å². The van der Waals surface area contributed by atoms with Crippen LogP contribution in [0, 0.1) is 0 Å². The fourth-order valence-corrected chi connectivity index (χ4v) is 6.95. The molecule has 0 amide bonds. The number of ketones is 4. The molecule has 0 aromatic rings. The van der Waals surface area contributed by atoms with Crippen LogP contribution in [0.2, 0.25) is 0 Å². The average Bonchev–Trinajstić information content (AvgIpc) is 3.20. The largest absolute Gasteiger partial charge is 0.507 e. The van der Waals surface area contributed by atoms with Crippen LogP contribution in [0.5, 0.6) is 0 Å². The van der Waals surface area contributed by atoms with Gasteiger partial charge in [-0.05, 0) is 125 Å². The van der Waals surface area contributed by atoms with Crippen molar-refractivity contribution in [3.8, 4) is 0 Å². The minimum Gasteiger partial charge on any atom is -0.507 e. The fourth-order valence-electron chi connectivity index (χ4n) is 6.95. The Labute approximate surface area is 367 Å². The van der Waals surface area contributed by atoms with Crippen LogP contribution in [0.3, 0.4) is 0 Å². The fraction of sp³-hybridized carbons (Fsp3) is 0.630. The summed E-state index contributed by atoms with van der Waals surface area (Å²) in [4.78, 5) is 50.1. The summed E-state index contributed by atoms with van der Waals surface area (Å²) in [5, 5.41) is 21.1. The van der Waals surface area contributed by atoms with E-state index in [2.05, 4.69) is 74.5 Å². The zero-order chi connectivity index (χ0) is 45.5. The first-order valence-corrected chi connectivity index (χ1v) is 23.6. The van der Waals surface area contributed by atoms with Gasteiger partial charge >= 0.3 is 0 Å². The number of rotatable bonds is 26. The molecular formula is C54H86O6. The van der Waals surface area contributed by atoms with Gasteiger partial charge < -0.3 is 10.2 Å². The van der Waals surface area contributed by atoms with Crippen LogP contribution in [-0.4, -0.2) is 33.3 Å². The lowest BCUT2D eigenvalue weighted by molar-refractivity contribution is -0.132. The normalized spacial score (nSPS) is 14.8. The molecule has 0 aliphatic heterocycles. The topological polar surface area (TPSA) is 109 Å². The lowest BCUT2D eigenvalue weighted by Gasteiger charge is -2.21. The molecule has 2 N–H and O–H groups in total. The van der Waals surface area contributed by atoms with E-state index in [0.29, 0.717) is 43.3 Å². The summed E-state index contributed by atoms with van der Waals surface area (Å²) in [6.07, 6.45) is 31.7. The summed E-state index contributed by atoms with van der Waals surface area (Å²) in [5.41, 5.74) is 7.17. The predicted molar refractivity (Wildman–Crippen MR) is 255 cm³/mol. The molecule has 0 aromatic carbocycles. The Hall–Kier alpha value is -3.80. The zero-order valence-corrected chi connectivity index (χ0v) is 40.2. The smallest absolute Gasteiger partial charge is 0.233 e. The van der Waals surface area contributed by atoms with Gasteiger partial charge in [0.2, 0.25) is 17.3 Å². The number of aliphatic hydroxyl groups excluding tert-OH is 2. The zero-order valence-electron chi connectivity index (χ0n) is 40.2. The average molecular weight is 831 g/mol. The summed E-state index contributed by atoms with van der Waals surface area (Å²) >= 11 is 0. The first-order valence-electron chi connectivity index (χ1n) is 23.6. The summed E-state index contributed by atoms with van der Waals surface area (Å²) in [6, 6.07) is 0. The molecule has 0 atom stereocenters. The molecule has 2 rings (SSSR count). The van der Waals surface area contributed by atoms with Crippen LogP contribution < -0.4 is 0 Å². The minimum atomic E-state index is -0.510. The van der Waals surface area contributed by atoms with Crippen LogP contribution in [0.15, 0.2) is 92.1 Å². The van der Waals surface area contributed by atoms with Gasteiger partial charge in [-0.2, -0.15) is 0 Å². The second kappa shape index (κ2) is 33.9. The molecule has 0 heterocycles. The lowest BCUT2D eigenvalue weighted by atomic mass is 9.82. The number of hydrogen-bond acceptors (Lipinski definition) is 6. The maximum atomic E-state index is 12.9. The molecule has 0 aromatic heterocycles. The van der Waals surface area contributed by atoms with E-state index >= 15 is 0 Å². The van der Waals surface area contributed by atoms with Crippen molar-refractivity contribution in [3.05, 3.63) is 92.1 Å². The number of carbonyl (C=O) groups excluding carboxylic acids is 4. The second-order valence-electron chi connectivity index (χ2n) is 17.2. The molecule has 338 valence electrons. The number of Topliss-reactive ketones (excluding diaryl/α,β-unsaturated/α-hetero) is 3. The van der Waals surface area contributed by atoms with Gasteiger partial charge in [-0.25, -0.2) is 0 Å². The van der Waals surface area contributed by atoms with E-state index in [1.54, 1.807) is 0 Å². The molecule has 0 unspecified atom stereocenters. The molecule has 6 heteroatoms. The van der Waals surface area contributed by atoms with Crippen LogP contribution in [0.1, 0.15) is 224 Å². The van der Waals surface area contributed by atoms with E-state index in [9.17, 15) is 29.4 Å². The SMILES string of the molecule is CCCCCC.CCCCCC1=CC(=O)C(C/C=C(\C)CCC=C(C)C)=C(O)C1=O.CCCCCCC1=C(CCCCC)C(=O)C(=O)C(C/C=C(\C)CCC=C(C)C)=C1O. The highest BCUT2D eigenvalue weighted by Gasteiger charge is 2.33. The minimum absolute atomic E-state index is 0.0796. The Morgan fingerprint density at radius 3 is 1.33 bits per heavy atom. The highest BCUT2D eigenvalue weighted by molar-refractivity contribution is 6.50. The molecule has 0 radical (unpaired) electrons. The third-order valence-corrected chi connectivity index (χ3v) is 10.9. The molecule has 0 spiro atoms. The van der Waals surface area contributed by atoms with Crippen molar-refractivity contribution in [2.45, 2.75) is 224 Å². The van der Waals surface area contributed by atoms with Crippen LogP contribution in [0.4, 0.5) is 0 Å². The second-order valence-corrected chi connectivity index (χ2v) is 17.2. The van der Waals surface area contributed by atoms with Gasteiger partial charge in [-0.3, -0.25) is 19.2 Å². The van der Waals surface area contributed by atoms with Crippen LogP contribution in [-0.2, 0) is 19.2 Å². The summed E-state index contributed by atoms with van der Waals surface area (Å²) < 4.78 is 0. The quantitative estimate of drug-likeness (QED) is 0.0295.